The maximum Gasteiger partial charge on any atom is 0.341 e. The maximum atomic E-state index is 11.7. The molecule has 22 heavy (non-hydrogen) atoms. The van der Waals surface area contributed by atoms with Gasteiger partial charge in [-0.05, 0) is 38.1 Å². The van der Waals surface area contributed by atoms with Crippen LogP contribution in [0.15, 0.2) is 28.8 Å². The van der Waals surface area contributed by atoms with E-state index in [9.17, 15) is 9.90 Å². The molecule has 0 spiro atoms. The smallest absolute Gasteiger partial charge is 0.341 e. The van der Waals surface area contributed by atoms with Crippen molar-refractivity contribution in [2.24, 2.45) is 0 Å². The van der Waals surface area contributed by atoms with E-state index in [2.05, 4.69) is 10.1 Å². The summed E-state index contributed by atoms with van der Waals surface area (Å²) in [4.78, 5) is 13.9. The van der Waals surface area contributed by atoms with Gasteiger partial charge in [-0.3, -0.25) is 4.90 Å². The molecule has 0 atom stereocenters. The first-order valence-electron chi connectivity index (χ1n) is 7.35. The third-order valence-electron chi connectivity index (χ3n) is 3.89. The zero-order valence-electron chi connectivity index (χ0n) is 12.1. The lowest BCUT2D eigenvalue weighted by Crippen LogP contribution is -2.29. The standard InChI is InChI=1S/C16H17ClN2O3/c17-12-6-4-5-11(9-12)15-14(16(20)21)13(22-18-15)10-19-7-2-1-3-8-19/h4-6,9H,1-3,7-8,10H2,(H,20,21). The summed E-state index contributed by atoms with van der Waals surface area (Å²) < 4.78 is 5.34. The van der Waals surface area contributed by atoms with Gasteiger partial charge in [0.2, 0.25) is 0 Å². The molecule has 5 nitrogen and oxygen atoms in total. The molecule has 1 fully saturated rings. The Hall–Kier alpha value is -1.85. The van der Waals surface area contributed by atoms with E-state index in [0.717, 1.165) is 25.9 Å². The minimum Gasteiger partial charge on any atom is -0.477 e. The van der Waals surface area contributed by atoms with Crippen LogP contribution in [0.2, 0.25) is 5.02 Å². The highest BCUT2D eigenvalue weighted by molar-refractivity contribution is 6.30. The number of halogens is 1. The van der Waals surface area contributed by atoms with Crippen LogP contribution < -0.4 is 0 Å². The second-order valence-corrected chi connectivity index (χ2v) is 5.92. The van der Waals surface area contributed by atoms with Crippen molar-refractivity contribution in [3.05, 3.63) is 40.6 Å². The topological polar surface area (TPSA) is 66.6 Å². The Balaban J connectivity index is 1.93. The van der Waals surface area contributed by atoms with Crippen molar-refractivity contribution in [2.45, 2.75) is 25.8 Å². The monoisotopic (exact) mass is 320 g/mol. The Kier molecular flexibility index (Phi) is 4.45. The summed E-state index contributed by atoms with van der Waals surface area (Å²) in [5.74, 6) is -0.618. The number of aromatic carboxylic acids is 1. The third-order valence-corrected chi connectivity index (χ3v) is 4.13. The molecule has 1 aromatic heterocycles. The van der Waals surface area contributed by atoms with Gasteiger partial charge in [0, 0.05) is 10.6 Å². The first-order valence-corrected chi connectivity index (χ1v) is 7.73. The summed E-state index contributed by atoms with van der Waals surface area (Å²) in [6, 6.07) is 6.97. The molecule has 0 amide bonds. The molecule has 116 valence electrons. The van der Waals surface area contributed by atoms with Gasteiger partial charge in [0.1, 0.15) is 11.3 Å². The van der Waals surface area contributed by atoms with E-state index in [-0.39, 0.29) is 5.56 Å². The van der Waals surface area contributed by atoms with Crippen molar-refractivity contribution in [2.75, 3.05) is 13.1 Å². The fourth-order valence-corrected chi connectivity index (χ4v) is 3.00. The van der Waals surface area contributed by atoms with E-state index in [1.54, 1.807) is 24.3 Å². The summed E-state index contributed by atoms with van der Waals surface area (Å²) in [6.07, 6.45) is 3.50. The SMILES string of the molecule is O=C(O)c1c(-c2cccc(Cl)c2)noc1CN1CCCCC1. The van der Waals surface area contributed by atoms with Gasteiger partial charge < -0.3 is 9.63 Å². The van der Waals surface area contributed by atoms with Crippen molar-refractivity contribution < 1.29 is 14.4 Å². The molecule has 2 heterocycles. The molecule has 0 unspecified atom stereocenters. The van der Waals surface area contributed by atoms with E-state index in [0.29, 0.717) is 28.6 Å². The number of carboxylic acid groups (broad SMARTS) is 1. The fourth-order valence-electron chi connectivity index (χ4n) is 2.81. The maximum absolute atomic E-state index is 11.7. The molecule has 2 aromatic rings. The quantitative estimate of drug-likeness (QED) is 0.930. The number of carboxylic acids is 1. The summed E-state index contributed by atoms with van der Waals surface area (Å²) in [5, 5.41) is 14.1. The minimum atomic E-state index is -1.02. The Morgan fingerprint density at radius 2 is 2.09 bits per heavy atom. The van der Waals surface area contributed by atoms with Gasteiger partial charge in [-0.1, -0.05) is 35.3 Å². The highest BCUT2D eigenvalue weighted by Crippen LogP contribution is 2.28. The van der Waals surface area contributed by atoms with Crippen LogP contribution in [0.3, 0.4) is 0 Å². The second-order valence-electron chi connectivity index (χ2n) is 5.48. The molecule has 1 aliphatic heterocycles. The van der Waals surface area contributed by atoms with Crippen LogP contribution in [-0.4, -0.2) is 34.2 Å². The Labute approximate surface area is 133 Å². The zero-order chi connectivity index (χ0) is 15.5. The van der Waals surface area contributed by atoms with Crippen molar-refractivity contribution in [3.8, 4) is 11.3 Å². The molecule has 0 bridgehead atoms. The largest absolute Gasteiger partial charge is 0.477 e. The number of nitrogens with zero attached hydrogens (tertiary/aromatic N) is 2. The minimum absolute atomic E-state index is 0.132. The predicted octanol–water partition coefficient (Wildman–Crippen LogP) is 3.68. The summed E-state index contributed by atoms with van der Waals surface area (Å²) in [5.41, 5.74) is 1.12. The number of likely N-dealkylation sites (tertiary alicyclic amines) is 1. The molecule has 6 heteroatoms. The van der Waals surface area contributed by atoms with Crippen molar-refractivity contribution >= 4 is 17.6 Å². The molecule has 0 radical (unpaired) electrons. The molecular weight excluding hydrogens is 304 g/mol. The molecule has 3 rings (SSSR count). The van der Waals surface area contributed by atoms with Gasteiger partial charge in [0.25, 0.3) is 0 Å². The van der Waals surface area contributed by atoms with Gasteiger partial charge in [-0.25, -0.2) is 4.79 Å². The van der Waals surface area contributed by atoms with E-state index in [1.165, 1.54) is 6.42 Å². The van der Waals surface area contributed by atoms with E-state index >= 15 is 0 Å². The lowest BCUT2D eigenvalue weighted by Gasteiger charge is -2.25. The van der Waals surface area contributed by atoms with Crippen molar-refractivity contribution in [1.82, 2.24) is 10.1 Å². The van der Waals surface area contributed by atoms with Crippen LogP contribution >= 0.6 is 11.6 Å². The van der Waals surface area contributed by atoms with Crippen LogP contribution in [0.25, 0.3) is 11.3 Å². The molecular formula is C16H17ClN2O3. The van der Waals surface area contributed by atoms with Crippen LogP contribution in [0.4, 0.5) is 0 Å². The highest BCUT2D eigenvalue weighted by Gasteiger charge is 2.25. The molecule has 1 aliphatic rings. The fraction of sp³-hybridized carbons (Fsp3) is 0.375. The zero-order valence-corrected chi connectivity index (χ0v) is 12.8. The second kappa shape index (κ2) is 6.50. The first-order chi connectivity index (χ1) is 10.6. The van der Waals surface area contributed by atoms with Crippen LogP contribution in [-0.2, 0) is 6.54 Å². The number of aromatic nitrogens is 1. The first kappa shape index (κ1) is 15.1. The summed E-state index contributed by atoms with van der Waals surface area (Å²) in [6.45, 7) is 2.41. The lowest BCUT2D eigenvalue weighted by molar-refractivity contribution is 0.0692. The normalized spacial score (nSPS) is 15.9. The Morgan fingerprint density at radius 1 is 1.32 bits per heavy atom. The van der Waals surface area contributed by atoms with E-state index in [1.807, 2.05) is 0 Å². The van der Waals surface area contributed by atoms with Gasteiger partial charge in [-0.2, -0.15) is 0 Å². The summed E-state index contributed by atoms with van der Waals surface area (Å²) >= 11 is 5.98. The summed E-state index contributed by atoms with van der Waals surface area (Å²) in [7, 11) is 0. The van der Waals surface area contributed by atoms with Crippen LogP contribution in [0, 0.1) is 0 Å². The highest BCUT2D eigenvalue weighted by atomic mass is 35.5. The van der Waals surface area contributed by atoms with Gasteiger partial charge in [0.15, 0.2) is 5.76 Å². The average molecular weight is 321 g/mol. The van der Waals surface area contributed by atoms with E-state index < -0.39 is 5.97 Å². The molecule has 1 saturated heterocycles. The van der Waals surface area contributed by atoms with Crippen LogP contribution in [0.1, 0.15) is 35.4 Å². The van der Waals surface area contributed by atoms with Crippen molar-refractivity contribution in [3.63, 3.8) is 0 Å². The number of benzene rings is 1. The molecule has 1 aromatic carbocycles. The number of hydrogen-bond donors (Lipinski definition) is 1. The van der Waals surface area contributed by atoms with Gasteiger partial charge in [-0.15, -0.1) is 0 Å². The number of hydrogen-bond acceptors (Lipinski definition) is 4. The van der Waals surface area contributed by atoms with Gasteiger partial charge in [0.05, 0.1) is 6.54 Å². The Morgan fingerprint density at radius 3 is 2.77 bits per heavy atom. The molecule has 1 N–H and O–H groups in total. The third kappa shape index (κ3) is 3.15. The average Bonchev–Trinajstić information content (AvgIpc) is 2.92. The number of piperidine rings is 1. The van der Waals surface area contributed by atoms with E-state index in [4.69, 9.17) is 16.1 Å². The number of rotatable bonds is 4. The van der Waals surface area contributed by atoms with Gasteiger partial charge >= 0.3 is 5.97 Å². The molecule has 0 saturated carbocycles. The number of carbonyl (C=O) groups is 1. The predicted molar refractivity (Wildman–Crippen MR) is 83.0 cm³/mol. The molecule has 0 aliphatic carbocycles. The Bertz CT molecular complexity index is 678. The lowest BCUT2D eigenvalue weighted by atomic mass is 10.1. The van der Waals surface area contributed by atoms with Crippen LogP contribution in [0.5, 0.6) is 0 Å². The van der Waals surface area contributed by atoms with Crippen molar-refractivity contribution in [1.29, 1.82) is 0 Å².